The molecular weight excluding hydrogens is 337 g/mol. The summed E-state index contributed by atoms with van der Waals surface area (Å²) in [7, 11) is 0. The lowest BCUT2D eigenvalue weighted by molar-refractivity contribution is 0.0715. The van der Waals surface area contributed by atoms with Crippen LogP contribution in [0.25, 0.3) is 0 Å². The van der Waals surface area contributed by atoms with E-state index in [2.05, 4.69) is 34.6 Å². The molecule has 0 aromatic heterocycles. The Labute approximate surface area is 148 Å². The fourth-order valence-electron chi connectivity index (χ4n) is 2.26. The molecule has 2 nitrogen and oxygen atoms in total. The smallest absolute Gasteiger partial charge is 0.255 e. The highest BCUT2D eigenvalue weighted by Crippen LogP contribution is 2.36. The van der Waals surface area contributed by atoms with Gasteiger partial charge in [0.1, 0.15) is 0 Å². The largest absolute Gasteiger partial charge is 0.338 e. The topological polar surface area (TPSA) is 20.3 Å². The van der Waals surface area contributed by atoms with E-state index in [9.17, 15) is 4.79 Å². The summed E-state index contributed by atoms with van der Waals surface area (Å²) in [6.45, 7) is 11.9. The average Bonchev–Trinajstić information content (AvgIpc) is 2.42. The Bertz CT molecular complexity index is 508. The first-order valence-corrected chi connectivity index (χ1v) is 9.42. The molecule has 1 amide bonds. The standard InChI is InChI=1S/C17H25Cl2NOS/c1-6-22-14-8-7-13(15(18)16(14)19)17(21)20(9-11(2)3)10-12(4)5/h7-8,11-12H,6,9-10H2,1-5H3. The van der Waals surface area contributed by atoms with Crippen LogP contribution in [0.3, 0.4) is 0 Å². The highest BCUT2D eigenvalue weighted by atomic mass is 35.5. The van der Waals surface area contributed by atoms with Crippen LogP contribution < -0.4 is 0 Å². The monoisotopic (exact) mass is 361 g/mol. The normalized spacial score (nSPS) is 11.3. The average molecular weight is 362 g/mol. The molecule has 0 saturated heterocycles. The van der Waals surface area contributed by atoms with Crippen molar-refractivity contribution in [2.75, 3.05) is 18.8 Å². The number of hydrogen-bond acceptors (Lipinski definition) is 2. The van der Waals surface area contributed by atoms with Crippen molar-refractivity contribution in [2.45, 2.75) is 39.5 Å². The van der Waals surface area contributed by atoms with E-state index in [4.69, 9.17) is 23.2 Å². The summed E-state index contributed by atoms with van der Waals surface area (Å²) in [5.41, 5.74) is 0.494. The van der Waals surface area contributed by atoms with Crippen LogP contribution in [0.2, 0.25) is 10.0 Å². The number of carbonyl (C=O) groups excluding carboxylic acids is 1. The van der Waals surface area contributed by atoms with Crippen molar-refractivity contribution in [1.29, 1.82) is 0 Å². The van der Waals surface area contributed by atoms with E-state index in [0.29, 0.717) is 27.4 Å². The predicted molar refractivity (Wildman–Crippen MR) is 98.4 cm³/mol. The molecule has 0 aliphatic rings. The second kappa shape index (κ2) is 9.05. The molecule has 0 aliphatic carbocycles. The molecule has 0 aliphatic heterocycles. The van der Waals surface area contributed by atoms with Crippen LogP contribution in [0.1, 0.15) is 45.0 Å². The molecule has 0 bridgehead atoms. The van der Waals surface area contributed by atoms with E-state index >= 15 is 0 Å². The maximum atomic E-state index is 12.8. The van der Waals surface area contributed by atoms with Crippen LogP contribution in [0.4, 0.5) is 0 Å². The van der Waals surface area contributed by atoms with Gasteiger partial charge in [-0.05, 0) is 29.7 Å². The minimum absolute atomic E-state index is 0.0395. The van der Waals surface area contributed by atoms with Crippen molar-refractivity contribution >= 4 is 40.9 Å². The fraction of sp³-hybridized carbons (Fsp3) is 0.588. The van der Waals surface area contributed by atoms with E-state index in [1.54, 1.807) is 17.8 Å². The van der Waals surface area contributed by atoms with Crippen molar-refractivity contribution in [3.8, 4) is 0 Å². The fourth-order valence-corrected chi connectivity index (χ4v) is 3.59. The SMILES string of the molecule is CCSc1ccc(C(=O)N(CC(C)C)CC(C)C)c(Cl)c1Cl. The van der Waals surface area contributed by atoms with Gasteiger partial charge in [-0.15, -0.1) is 11.8 Å². The van der Waals surface area contributed by atoms with Crippen LogP contribution in [0, 0.1) is 11.8 Å². The van der Waals surface area contributed by atoms with Gasteiger partial charge in [0.05, 0.1) is 15.6 Å². The lowest BCUT2D eigenvalue weighted by Gasteiger charge is -2.27. The summed E-state index contributed by atoms with van der Waals surface area (Å²) in [4.78, 5) is 15.6. The second-order valence-corrected chi connectivity index (χ2v) is 8.23. The summed E-state index contributed by atoms with van der Waals surface area (Å²) in [5, 5.41) is 0.844. The van der Waals surface area contributed by atoms with Crippen LogP contribution in [-0.2, 0) is 0 Å². The zero-order valence-electron chi connectivity index (χ0n) is 14.0. The Hall–Kier alpha value is -0.380. The number of rotatable bonds is 7. The van der Waals surface area contributed by atoms with E-state index in [-0.39, 0.29) is 5.91 Å². The van der Waals surface area contributed by atoms with Crippen LogP contribution in [0.15, 0.2) is 17.0 Å². The molecule has 0 saturated carbocycles. The summed E-state index contributed by atoms with van der Waals surface area (Å²) < 4.78 is 0. The van der Waals surface area contributed by atoms with Gasteiger partial charge >= 0.3 is 0 Å². The Balaban J connectivity index is 3.10. The highest BCUT2D eigenvalue weighted by Gasteiger charge is 2.22. The van der Waals surface area contributed by atoms with E-state index < -0.39 is 0 Å². The molecule has 0 fully saturated rings. The van der Waals surface area contributed by atoms with Crippen molar-refractivity contribution in [2.24, 2.45) is 11.8 Å². The zero-order chi connectivity index (χ0) is 16.9. The molecule has 1 aromatic carbocycles. The summed E-state index contributed by atoms with van der Waals surface area (Å²) in [5.74, 6) is 1.69. The number of benzene rings is 1. The van der Waals surface area contributed by atoms with Crippen LogP contribution >= 0.6 is 35.0 Å². The van der Waals surface area contributed by atoms with Gasteiger partial charge in [-0.1, -0.05) is 57.8 Å². The first kappa shape index (κ1) is 19.7. The Morgan fingerprint density at radius 2 is 1.64 bits per heavy atom. The van der Waals surface area contributed by atoms with Crippen LogP contribution in [0.5, 0.6) is 0 Å². The summed E-state index contributed by atoms with van der Waals surface area (Å²) >= 11 is 14.3. The number of thioether (sulfide) groups is 1. The van der Waals surface area contributed by atoms with Gasteiger partial charge in [-0.25, -0.2) is 0 Å². The second-order valence-electron chi connectivity index (χ2n) is 6.17. The number of hydrogen-bond donors (Lipinski definition) is 0. The summed E-state index contributed by atoms with van der Waals surface area (Å²) in [6, 6.07) is 3.68. The van der Waals surface area contributed by atoms with Gasteiger partial charge in [0.25, 0.3) is 5.91 Å². The highest BCUT2D eigenvalue weighted by molar-refractivity contribution is 7.99. The van der Waals surface area contributed by atoms with Crippen molar-refractivity contribution in [3.05, 3.63) is 27.7 Å². The maximum absolute atomic E-state index is 12.8. The molecular formula is C17H25Cl2NOS. The third-order valence-electron chi connectivity index (χ3n) is 3.04. The molecule has 0 N–H and O–H groups in total. The van der Waals surface area contributed by atoms with Gasteiger partial charge in [-0.3, -0.25) is 4.79 Å². The number of amides is 1. The molecule has 1 aromatic rings. The maximum Gasteiger partial charge on any atom is 0.255 e. The summed E-state index contributed by atoms with van der Waals surface area (Å²) in [6.07, 6.45) is 0. The number of carbonyl (C=O) groups is 1. The number of halogens is 2. The van der Waals surface area contributed by atoms with Gasteiger partial charge in [0.2, 0.25) is 0 Å². The Kier molecular flexibility index (Phi) is 8.09. The predicted octanol–water partition coefficient (Wildman–Crippen LogP) is 5.86. The van der Waals surface area contributed by atoms with Crippen molar-refractivity contribution in [3.63, 3.8) is 0 Å². The lowest BCUT2D eigenvalue weighted by atomic mass is 10.1. The molecule has 124 valence electrons. The molecule has 5 heteroatoms. The van der Waals surface area contributed by atoms with Gasteiger partial charge < -0.3 is 4.90 Å². The molecule has 0 radical (unpaired) electrons. The third kappa shape index (κ3) is 5.36. The van der Waals surface area contributed by atoms with E-state index in [0.717, 1.165) is 23.7 Å². The quantitative estimate of drug-likeness (QED) is 0.566. The minimum Gasteiger partial charge on any atom is -0.338 e. The molecule has 0 spiro atoms. The molecule has 0 unspecified atom stereocenters. The van der Waals surface area contributed by atoms with Gasteiger partial charge in [0, 0.05) is 18.0 Å². The van der Waals surface area contributed by atoms with E-state index in [1.165, 1.54) is 0 Å². The Morgan fingerprint density at radius 3 is 2.09 bits per heavy atom. The zero-order valence-corrected chi connectivity index (χ0v) is 16.3. The number of nitrogens with zero attached hydrogens (tertiary/aromatic N) is 1. The molecule has 0 atom stereocenters. The first-order chi connectivity index (χ1) is 10.3. The third-order valence-corrected chi connectivity index (χ3v) is 4.97. The molecule has 22 heavy (non-hydrogen) atoms. The van der Waals surface area contributed by atoms with Gasteiger partial charge in [-0.2, -0.15) is 0 Å². The lowest BCUT2D eigenvalue weighted by Crippen LogP contribution is -2.37. The van der Waals surface area contributed by atoms with E-state index in [1.807, 2.05) is 11.0 Å². The van der Waals surface area contributed by atoms with Crippen molar-refractivity contribution < 1.29 is 4.79 Å². The molecule has 0 heterocycles. The van der Waals surface area contributed by atoms with Crippen LogP contribution in [-0.4, -0.2) is 29.6 Å². The Morgan fingerprint density at radius 1 is 1.09 bits per heavy atom. The molecule has 1 rings (SSSR count). The van der Waals surface area contributed by atoms with Crippen molar-refractivity contribution in [1.82, 2.24) is 4.90 Å². The van der Waals surface area contributed by atoms with Gasteiger partial charge in [0.15, 0.2) is 0 Å². The first-order valence-electron chi connectivity index (χ1n) is 7.67. The minimum atomic E-state index is -0.0395.